The fraction of sp³-hybridized carbons (Fsp3) is 0.778. The topological polar surface area (TPSA) is 41.1 Å². The molecule has 0 unspecified atom stereocenters. The van der Waals surface area contributed by atoms with E-state index in [2.05, 4.69) is 33.4 Å². The maximum Gasteiger partial charge on any atom is 0.205 e. The van der Waals surface area contributed by atoms with E-state index in [0.29, 0.717) is 12.1 Å². The van der Waals surface area contributed by atoms with Crippen LogP contribution >= 0.6 is 11.5 Å². The van der Waals surface area contributed by atoms with E-state index in [1.165, 1.54) is 11.5 Å². The molecular formula is C9H16N4S. The molecule has 1 aliphatic heterocycles. The molecule has 2 rings (SSSR count). The van der Waals surface area contributed by atoms with Gasteiger partial charge in [0.1, 0.15) is 5.82 Å². The quantitative estimate of drug-likeness (QED) is 0.755. The van der Waals surface area contributed by atoms with E-state index in [-0.39, 0.29) is 0 Å². The van der Waals surface area contributed by atoms with Gasteiger partial charge >= 0.3 is 0 Å². The van der Waals surface area contributed by atoms with E-state index in [4.69, 9.17) is 0 Å². The second kappa shape index (κ2) is 3.82. The highest BCUT2D eigenvalue weighted by Crippen LogP contribution is 2.19. The summed E-state index contributed by atoms with van der Waals surface area (Å²) in [5, 5.41) is 4.56. The summed E-state index contributed by atoms with van der Waals surface area (Å²) in [4.78, 5) is 6.72. The number of piperazine rings is 1. The molecule has 4 nitrogen and oxygen atoms in total. The first kappa shape index (κ1) is 9.86. The van der Waals surface area contributed by atoms with Gasteiger partial charge in [-0.2, -0.15) is 4.37 Å². The number of aromatic nitrogens is 2. The molecule has 2 atom stereocenters. The summed E-state index contributed by atoms with van der Waals surface area (Å²) in [6, 6.07) is 1.06. The van der Waals surface area contributed by atoms with E-state index < -0.39 is 0 Å². The lowest BCUT2D eigenvalue weighted by Gasteiger charge is -2.35. The van der Waals surface area contributed by atoms with Crippen molar-refractivity contribution in [3.63, 3.8) is 0 Å². The molecule has 0 saturated carbocycles. The molecule has 1 saturated heterocycles. The van der Waals surface area contributed by atoms with Crippen LogP contribution < -0.4 is 10.2 Å². The molecule has 1 aliphatic rings. The minimum absolute atomic E-state index is 0.531. The van der Waals surface area contributed by atoms with Gasteiger partial charge in [-0.3, -0.25) is 0 Å². The zero-order valence-electron chi connectivity index (χ0n) is 8.82. The molecule has 5 heteroatoms. The van der Waals surface area contributed by atoms with Gasteiger partial charge in [-0.05, 0) is 20.8 Å². The summed E-state index contributed by atoms with van der Waals surface area (Å²) in [5.74, 6) is 0.879. The van der Waals surface area contributed by atoms with Crippen LogP contribution in [0.3, 0.4) is 0 Å². The van der Waals surface area contributed by atoms with Crippen molar-refractivity contribution in [3.8, 4) is 0 Å². The number of anilines is 1. The Balaban J connectivity index is 2.10. The number of aryl methyl sites for hydroxylation is 1. The van der Waals surface area contributed by atoms with Crippen LogP contribution in [0.1, 0.15) is 19.7 Å². The zero-order valence-corrected chi connectivity index (χ0v) is 9.64. The van der Waals surface area contributed by atoms with Crippen LogP contribution in [0.4, 0.5) is 5.13 Å². The Kier molecular flexibility index (Phi) is 2.69. The fourth-order valence-electron chi connectivity index (χ4n) is 1.90. The van der Waals surface area contributed by atoms with Crippen molar-refractivity contribution < 1.29 is 0 Å². The molecule has 1 fully saturated rings. The standard InChI is InChI=1S/C9H16N4S/c1-6-4-13(5-7(2)10-6)9-11-8(3)12-14-9/h6-7,10H,4-5H2,1-3H3/t6-,7+. The molecule has 2 heterocycles. The van der Waals surface area contributed by atoms with E-state index in [9.17, 15) is 0 Å². The van der Waals surface area contributed by atoms with Gasteiger partial charge in [0.25, 0.3) is 0 Å². The third-order valence-electron chi connectivity index (χ3n) is 2.34. The summed E-state index contributed by atoms with van der Waals surface area (Å²) >= 11 is 1.50. The van der Waals surface area contributed by atoms with Gasteiger partial charge in [0.15, 0.2) is 0 Å². The lowest BCUT2D eigenvalue weighted by Crippen LogP contribution is -2.54. The molecule has 0 radical (unpaired) electrons. The van der Waals surface area contributed by atoms with Crippen LogP contribution in [0, 0.1) is 6.92 Å². The highest BCUT2D eigenvalue weighted by molar-refractivity contribution is 7.09. The Morgan fingerprint density at radius 1 is 1.36 bits per heavy atom. The Labute approximate surface area is 88.5 Å². The predicted octanol–water partition coefficient (Wildman–Crippen LogP) is 1.03. The first-order valence-corrected chi connectivity index (χ1v) is 5.74. The lowest BCUT2D eigenvalue weighted by atomic mass is 10.2. The molecule has 14 heavy (non-hydrogen) atoms. The van der Waals surface area contributed by atoms with Crippen molar-refractivity contribution in [2.24, 2.45) is 0 Å². The van der Waals surface area contributed by atoms with Crippen LogP contribution in [0.15, 0.2) is 0 Å². The predicted molar refractivity (Wildman–Crippen MR) is 58.9 cm³/mol. The summed E-state index contributed by atoms with van der Waals surface area (Å²) in [5.41, 5.74) is 0. The molecule has 1 N–H and O–H groups in total. The Morgan fingerprint density at radius 2 is 2.00 bits per heavy atom. The molecule has 1 aromatic heterocycles. The highest BCUT2D eigenvalue weighted by Gasteiger charge is 2.22. The first-order valence-electron chi connectivity index (χ1n) is 4.96. The van der Waals surface area contributed by atoms with Crippen molar-refractivity contribution in [2.75, 3.05) is 18.0 Å². The van der Waals surface area contributed by atoms with Crippen molar-refractivity contribution >= 4 is 16.7 Å². The summed E-state index contributed by atoms with van der Waals surface area (Å²) in [6.45, 7) is 8.40. The second-order valence-corrected chi connectivity index (χ2v) is 4.73. The van der Waals surface area contributed by atoms with E-state index >= 15 is 0 Å². The van der Waals surface area contributed by atoms with Crippen molar-refractivity contribution in [1.82, 2.24) is 14.7 Å². The third kappa shape index (κ3) is 2.04. The monoisotopic (exact) mass is 212 g/mol. The molecule has 78 valence electrons. The zero-order chi connectivity index (χ0) is 10.1. The minimum Gasteiger partial charge on any atom is -0.344 e. The van der Waals surface area contributed by atoms with Gasteiger partial charge in [-0.1, -0.05) is 0 Å². The van der Waals surface area contributed by atoms with Gasteiger partial charge in [0.2, 0.25) is 5.13 Å². The number of nitrogens with zero attached hydrogens (tertiary/aromatic N) is 3. The normalized spacial score (nSPS) is 28.1. The number of nitrogens with one attached hydrogen (secondary N) is 1. The van der Waals surface area contributed by atoms with Crippen LogP contribution in [0.25, 0.3) is 0 Å². The van der Waals surface area contributed by atoms with E-state index in [0.717, 1.165) is 24.0 Å². The fourth-order valence-corrected chi connectivity index (χ4v) is 2.59. The molecule has 0 spiro atoms. The van der Waals surface area contributed by atoms with Gasteiger partial charge in [-0.25, -0.2) is 4.98 Å². The summed E-state index contributed by atoms with van der Waals surface area (Å²) in [7, 11) is 0. The van der Waals surface area contributed by atoms with Crippen LogP contribution in [0.2, 0.25) is 0 Å². The molecular weight excluding hydrogens is 196 g/mol. The Morgan fingerprint density at radius 3 is 2.50 bits per heavy atom. The van der Waals surface area contributed by atoms with E-state index in [1.807, 2.05) is 6.92 Å². The molecule has 0 aromatic carbocycles. The van der Waals surface area contributed by atoms with Crippen LogP contribution in [-0.4, -0.2) is 34.5 Å². The minimum atomic E-state index is 0.531. The lowest BCUT2D eigenvalue weighted by molar-refractivity contribution is 0.406. The maximum absolute atomic E-state index is 4.41. The molecule has 0 bridgehead atoms. The smallest absolute Gasteiger partial charge is 0.205 e. The first-order chi connectivity index (χ1) is 6.65. The highest BCUT2D eigenvalue weighted by atomic mass is 32.1. The summed E-state index contributed by atoms with van der Waals surface area (Å²) < 4.78 is 4.21. The average Bonchev–Trinajstić information content (AvgIpc) is 2.50. The molecule has 0 amide bonds. The van der Waals surface area contributed by atoms with E-state index in [1.54, 1.807) is 0 Å². The Hall–Kier alpha value is -0.680. The van der Waals surface area contributed by atoms with Gasteiger partial charge < -0.3 is 10.2 Å². The average molecular weight is 212 g/mol. The van der Waals surface area contributed by atoms with Crippen molar-refractivity contribution in [1.29, 1.82) is 0 Å². The van der Waals surface area contributed by atoms with Crippen LogP contribution in [-0.2, 0) is 0 Å². The SMILES string of the molecule is Cc1nsc(N2C[C@@H](C)N[C@@H](C)C2)n1. The Bertz CT molecular complexity index is 302. The molecule has 0 aliphatic carbocycles. The van der Waals surface area contributed by atoms with Crippen molar-refractivity contribution in [2.45, 2.75) is 32.9 Å². The largest absolute Gasteiger partial charge is 0.344 e. The maximum atomic E-state index is 4.41. The second-order valence-electron chi connectivity index (χ2n) is 4.00. The van der Waals surface area contributed by atoms with Crippen LogP contribution in [0.5, 0.6) is 0 Å². The van der Waals surface area contributed by atoms with Gasteiger partial charge in [0, 0.05) is 36.7 Å². The van der Waals surface area contributed by atoms with Gasteiger partial charge in [0.05, 0.1) is 0 Å². The molecule has 1 aromatic rings. The van der Waals surface area contributed by atoms with Gasteiger partial charge in [-0.15, -0.1) is 0 Å². The third-order valence-corrected chi connectivity index (χ3v) is 3.21. The number of hydrogen-bond acceptors (Lipinski definition) is 5. The number of rotatable bonds is 1. The summed E-state index contributed by atoms with van der Waals surface area (Å²) in [6.07, 6.45) is 0. The number of hydrogen-bond donors (Lipinski definition) is 1. The van der Waals surface area contributed by atoms with Crippen molar-refractivity contribution in [3.05, 3.63) is 5.82 Å².